The van der Waals surface area contributed by atoms with E-state index in [-0.39, 0.29) is 11.2 Å². The molecule has 7 heteroatoms. The molecule has 27 heavy (non-hydrogen) atoms. The van der Waals surface area contributed by atoms with Gasteiger partial charge in [0.1, 0.15) is 0 Å². The zero-order valence-electron chi connectivity index (χ0n) is 16.4. The zero-order chi connectivity index (χ0) is 19.4. The van der Waals surface area contributed by atoms with Crippen molar-refractivity contribution in [3.8, 4) is 0 Å². The number of aromatic amines is 1. The number of morpholine rings is 1. The molecule has 1 atom stereocenters. The van der Waals surface area contributed by atoms with Gasteiger partial charge in [-0.25, -0.2) is 4.79 Å². The average Bonchev–Trinajstić information content (AvgIpc) is 2.67. The second-order valence-corrected chi connectivity index (χ2v) is 7.46. The molecule has 0 saturated carbocycles. The number of ether oxygens (including phenoxy) is 2. The first-order chi connectivity index (χ1) is 13.0. The van der Waals surface area contributed by atoms with Gasteiger partial charge in [0.2, 0.25) is 0 Å². The highest BCUT2D eigenvalue weighted by atomic mass is 16.5. The molecule has 1 unspecified atom stereocenters. The highest BCUT2D eigenvalue weighted by Gasteiger charge is 2.17. The summed E-state index contributed by atoms with van der Waals surface area (Å²) in [5.74, 6) is 0.727. The molecule has 0 radical (unpaired) electrons. The molecule has 0 amide bonds. The number of aromatic nitrogens is 2. The third kappa shape index (κ3) is 4.42. The molecular formula is C20H29N3O4. The van der Waals surface area contributed by atoms with Gasteiger partial charge in [0.25, 0.3) is 5.56 Å². The number of nitrogens with one attached hydrogen (secondary N) is 1. The van der Waals surface area contributed by atoms with Crippen LogP contribution in [-0.2, 0) is 16.0 Å². The Labute approximate surface area is 158 Å². The van der Waals surface area contributed by atoms with Crippen LogP contribution in [0.3, 0.4) is 0 Å². The highest BCUT2D eigenvalue weighted by Crippen LogP contribution is 2.20. The van der Waals surface area contributed by atoms with Gasteiger partial charge in [-0.15, -0.1) is 0 Å². The summed E-state index contributed by atoms with van der Waals surface area (Å²) in [5.41, 5.74) is 0.979. The topological polar surface area (TPSA) is 76.6 Å². The second kappa shape index (κ2) is 8.71. The summed E-state index contributed by atoms with van der Waals surface area (Å²) in [6.07, 6.45) is 0.725. The predicted molar refractivity (Wildman–Crippen MR) is 107 cm³/mol. The molecule has 2 aromatic rings. The van der Waals surface area contributed by atoms with Crippen LogP contribution in [-0.4, -0.2) is 49.6 Å². The number of anilines is 1. The van der Waals surface area contributed by atoms with Crippen LogP contribution < -0.4 is 16.1 Å². The molecule has 1 aliphatic heterocycles. The summed E-state index contributed by atoms with van der Waals surface area (Å²) in [6.45, 7) is 8.24. The quantitative estimate of drug-likeness (QED) is 0.799. The molecule has 0 aliphatic carbocycles. The molecule has 148 valence electrons. The monoisotopic (exact) mass is 375 g/mol. The van der Waals surface area contributed by atoms with Crippen LogP contribution in [0.2, 0.25) is 0 Å². The van der Waals surface area contributed by atoms with Crippen LogP contribution in [0.25, 0.3) is 10.9 Å². The fraction of sp³-hybridized carbons (Fsp3) is 0.600. The number of nitrogens with zero attached hydrogens (tertiary/aromatic N) is 2. The summed E-state index contributed by atoms with van der Waals surface area (Å²) >= 11 is 0. The molecule has 7 nitrogen and oxygen atoms in total. The molecule has 3 rings (SSSR count). The van der Waals surface area contributed by atoms with Crippen LogP contribution in [0, 0.1) is 11.8 Å². The van der Waals surface area contributed by atoms with Crippen molar-refractivity contribution in [3.63, 3.8) is 0 Å². The van der Waals surface area contributed by atoms with Gasteiger partial charge in [0, 0.05) is 39.0 Å². The van der Waals surface area contributed by atoms with Crippen LogP contribution in [0.1, 0.15) is 20.3 Å². The molecule has 1 aromatic heterocycles. The van der Waals surface area contributed by atoms with Gasteiger partial charge < -0.3 is 19.4 Å². The first-order valence-electron chi connectivity index (χ1n) is 9.59. The lowest BCUT2D eigenvalue weighted by molar-refractivity contribution is 0.121. The second-order valence-electron chi connectivity index (χ2n) is 7.46. The Hall–Kier alpha value is -2.12. The van der Waals surface area contributed by atoms with E-state index in [4.69, 9.17) is 9.47 Å². The number of methoxy groups -OCH3 is 1. The smallest absolute Gasteiger partial charge is 0.328 e. The van der Waals surface area contributed by atoms with Gasteiger partial charge in [0.15, 0.2) is 0 Å². The number of hydrogen-bond acceptors (Lipinski definition) is 5. The minimum absolute atomic E-state index is 0.233. The average molecular weight is 375 g/mol. The fourth-order valence-electron chi connectivity index (χ4n) is 3.58. The Morgan fingerprint density at radius 3 is 2.63 bits per heavy atom. The van der Waals surface area contributed by atoms with Crippen LogP contribution in [0.5, 0.6) is 0 Å². The van der Waals surface area contributed by atoms with E-state index < -0.39 is 0 Å². The molecule has 1 aromatic carbocycles. The first-order valence-corrected chi connectivity index (χ1v) is 9.59. The van der Waals surface area contributed by atoms with Crippen molar-refractivity contribution < 1.29 is 9.47 Å². The van der Waals surface area contributed by atoms with Gasteiger partial charge >= 0.3 is 5.69 Å². The summed E-state index contributed by atoms with van der Waals surface area (Å²) in [4.78, 5) is 30.5. The van der Waals surface area contributed by atoms with Crippen LogP contribution in [0.4, 0.5) is 5.69 Å². The molecule has 0 spiro atoms. The predicted octanol–water partition coefficient (Wildman–Crippen LogP) is 1.84. The Morgan fingerprint density at radius 2 is 1.96 bits per heavy atom. The fourth-order valence-corrected chi connectivity index (χ4v) is 3.58. The molecule has 1 saturated heterocycles. The number of hydrogen-bond donors (Lipinski definition) is 1. The van der Waals surface area contributed by atoms with E-state index in [1.54, 1.807) is 7.11 Å². The summed E-state index contributed by atoms with van der Waals surface area (Å²) in [5, 5.41) is 0.548. The van der Waals surface area contributed by atoms with E-state index in [9.17, 15) is 9.59 Å². The number of rotatable bonds is 7. The zero-order valence-corrected chi connectivity index (χ0v) is 16.4. The molecule has 1 fully saturated rings. The Kier molecular flexibility index (Phi) is 6.34. The van der Waals surface area contributed by atoms with E-state index >= 15 is 0 Å². The van der Waals surface area contributed by atoms with Gasteiger partial charge in [-0.1, -0.05) is 13.8 Å². The van der Waals surface area contributed by atoms with Crippen molar-refractivity contribution in [2.75, 3.05) is 44.9 Å². The van der Waals surface area contributed by atoms with Crippen LogP contribution in [0.15, 0.2) is 27.8 Å². The third-order valence-electron chi connectivity index (χ3n) is 5.39. The number of fused-ring (bicyclic) bond motifs is 1. The van der Waals surface area contributed by atoms with E-state index in [0.29, 0.717) is 49.1 Å². The van der Waals surface area contributed by atoms with Crippen molar-refractivity contribution in [1.29, 1.82) is 0 Å². The number of benzene rings is 1. The molecule has 2 heterocycles. The van der Waals surface area contributed by atoms with Crippen LogP contribution >= 0.6 is 0 Å². The largest absolute Gasteiger partial charge is 0.384 e. The summed E-state index contributed by atoms with van der Waals surface area (Å²) in [7, 11) is 1.68. The molecule has 1 N–H and O–H groups in total. The SMILES string of the molecule is COCC(CCn1c(=O)[nH]c2ccc(N3CCOCC3)cc2c1=O)C(C)C. The lowest BCUT2D eigenvalue weighted by Gasteiger charge is -2.29. The van der Waals surface area contributed by atoms with Crippen molar-refractivity contribution in [2.45, 2.75) is 26.8 Å². The first kappa shape index (κ1) is 19.6. The maximum Gasteiger partial charge on any atom is 0.328 e. The van der Waals surface area contributed by atoms with Gasteiger partial charge in [0.05, 0.1) is 24.1 Å². The Bertz CT molecular complexity index is 881. The Morgan fingerprint density at radius 1 is 1.22 bits per heavy atom. The minimum atomic E-state index is -0.355. The molecule has 0 bridgehead atoms. The van der Waals surface area contributed by atoms with Crippen molar-refractivity contribution >= 4 is 16.6 Å². The van der Waals surface area contributed by atoms with Crippen molar-refractivity contribution in [3.05, 3.63) is 39.0 Å². The maximum absolute atomic E-state index is 13.0. The van der Waals surface area contributed by atoms with Crippen molar-refractivity contribution in [1.82, 2.24) is 9.55 Å². The highest BCUT2D eigenvalue weighted by molar-refractivity contribution is 5.81. The van der Waals surface area contributed by atoms with E-state index in [1.165, 1.54) is 4.57 Å². The molecular weight excluding hydrogens is 346 g/mol. The lowest BCUT2D eigenvalue weighted by atomic mass is 9.93. The van der Waals surface area contributed by atoms with Gasteiger partial charge in [-0.3, -0.25) is 9.36 Å². The summed E-state index contributed by atoms with van der Waals surface area (Å²) < 4.78 is 12.0. The normalized spacial score (nSPS) is 16.2. The van der Waals surface area contributed by atoms with E-state index in [0.717, 1.165) is 25.2 Å². The lowest BCUT2D eigenvalue weighted by Crippen LogP contribution is -2.37. The molecule has 1 aliphatic rings. The Balaban J connectivity index is 1.91. The van der Waals surface area contributed by atoms with E-state index in [2.05, 4.69) is 23.7 Å². The third-order valence-corrected chi connectivity index (χ3v) is 5.39. The summed E-state index contributed by atoms with van der Waals surface area (Å²) in [6, 6.07) is 5.64. The standard InChI is InChI=1S/C20H29N3O4/c1-14(2)15(13-26-3)6-7-23-19(24)17-12-16(22-8-10-27-11-9-22)4-5-18(17)21-20(23)25/h4-5,12,14-15H,6-11,13H2,1-3H3,(H,21,25). The van der Waals surface area contributed by atoms with Gasteiger partial charge in [-0.2, -0.15) is 0 Å². The van der Waals surface area contributed by atoms with Crippen molar-refractivity contribution in [2.24, 2.45) is 11.8 Å². The minimum Gasteiger partial charge on any atom is -0.384 e. The number of H-pyrrole nitrogens is 1. The van der Waals surface area contributed by atoms with Gasteiger partial charge in [-0.05, 0) is 36.5 Å². The van der Waals surface area contributed by atoms with E-state index in [1.807, 2.05) is 18.2 Å². The maximum atomic E-state index is 13.0.